The molecule has 0 unspecified atom stereocenters. The molecule has 0 atom stereocenters. The zero-order valence-electron chi connectivity index (χ0n) is 11.4. The maximum absolute atomic E-state index is 11.0. The first kappa shape index (κ1) is 16.4. The molecule has 0 fully saturated rings. The summed E-state index contributed by atoms with van der Waals surface area (Å²) in [5.41, 5.74) is 0. The highest BCUT2D eigenvalue weighted by Crippen LogP contribution is 1.98. The normalized spacial score (nSPS) is 10.8. The van der Waals surface area contributed by atoms with Crippen molar-refractivity contribution in [1.29, 1.82) is 0 Å². The van der Waals surface area contributed by atoms with Gasteiger partial charge in [-0.25, -0.2) is 0 Å². The summed E-state index contributed by atoms with van der Waals surface area (Å²) in [6.07, 6.45) is 2.23. The first-order chi connectivity index (χ1) is 8.16. The predicted molar refractivity (Wildman–Crippen MR) is 67.0 cm³/mol. The Morgan fingerprint density at radius 3 is 2.29 bits per heavy atom. The highest BCUT2D eigenvalue weighted by Gasteiger charge is 2.00. The van der Waals surface area contributed by atoms with Crippen LogP contribution in [0.4, 0.5) is 0 Å². The standard InChI is InChI=1S/C13H26O4/c1-4-17-13(14)6-5-8-15-10-11-16-9-7-12(2)3/h12H,4-11H2,1-3H3. The lowest BCUT2D eigenvalue weighted by Gasteiger charge is -2.07. The van der Waals surface area contributed by atoms with Crippen LogP contribution in [0.25, 0.3) is 0 Å². The van der Waals surface area contributed by atoms with Gasteiger partial charge in [-0.2, -0.15) is 0 Å². The molecule has 0 saturated heterocycles. The van der Waals surface area contributed by atoms with E-state index in [-0.39, 0.29) is 5.97 Å². The number of hydrogen-bond donors (Lipinski definition) is 0. The fourth-order valence-corrected chi connectivity index (χ4v) is 1.19. The van der Waals surface area contributed by atoms with Gasteiger partial charge in [-0.05, 0) is 25.7 Å². The van der Waals surface area contributed by atoms with Crippen LogP contribution in [0.5, 0.6) is 0 Å². The van der Waals surface area contributed by atoms with Crippen molar-refractivity contribution < 1.29 is 19.0 Å². The molecule has 102 valence electrons. The van der Waals surface area contributed by atoms with Crippen molar-refractivity contribution in [2.75, 3.05) is 33.0 Å². The Morgan fingerprint density at radius 2 is 1.71 bits per heavy atom. The molecule has 0 rings (SSSR count). The van der Waals surface area contributed by atoms with Gasteiger partial charge in [-0.3, -0.25) is 4.79 Å². The molecule has 4 nitrogen and oxygen atoms in total. The maximum Gasteiger partial charge on any atom is 0.305 e. The number of ether oxygens (including phenoxy) is 3. The van der Waals surface area contributed by atoms with E-state index in [4.69, 9.17) is 14.2 Å². The fraction of sp³-hybridized carbons (Fsp3) is 0.923. The van der Waals surface area contributed by atoms with Gasteiger partial charge in [0.05, 0.1) is 19.8 Å². The second-order valence-corrected chi connectivity index (χ2v) is 4.32. The third-order valence-corrected chi connectivity index (χ3v) is 2.19. The minimum absolute atomic E-state index is 0.149. The molecule has 0 aromatic carbocycles. The second-order valence-electron chi connectivity index (χ2n) is 4.32. The van der Waals surface area contributed by atoms with E-state index in [9.17, 15) is 4.79 Å². The van der Waals surface area contributed by atoms with Crippen LogP contribution in [0.3, 0.4) is 0 Å². The summed E-state index contributed by atoms with van der Waals surface area (Å²) in [6.45, 7) is 9.22. The number of esters is 1. The molecule has 0 spiro atoms. The van der Waals surface area contributed by atoms with Crippen LogP contribution in [0.15, 0.2) is 0 Å². The molecule has 4 heteroatoms. The van der Waals surface area contributed by atoms with Gasteiger partial charge in [0.25, 0.3) is 0 Å². The van der Waals surface area contributed by atoms with E-state index in [1.165, 1.54) is 0 Å². The van der Waals surface area contributed by atoms with Gasteiger partial charge in [0.2, 0.25) is 0 Å². The molecule has 0 N–H and O–H groups in total. The summed E-state index contributed by atoms with van der Waals surface area (Å²) in [4.78, 5) is 11.0. The molecule has 0 amide bonds. The smallest absolute Gasteiger partial charge is 0.305 e. The predicted octanol–water partition coefficient (Wildman–Crippen LogP) is 2.41. The zero-order valence-corrected chi connectivity index (χ0v) is 11.4. The molecular weight excluding hydrogens is 220 g/mol. The van der Waals surface area contributed by atoms with Gasteiger partial charge in [0, 0.05) is 19.6 Å². The first-order valence-electron chi connectivity index (χ1n) is 6.48. The van der Waals surface area contributed by atoms with Crippen LogP contribution in [0, 0.1) is 5.92 Å². The Kier molecular flexibility index (Phi) is 11.4. The van der Waals surface area contributed by atoms with E-state index in [0.29, 0.717) is 45.2 Å². The molecule has 0 aliphatic rings. The van der Waals surface area contributed by atoms with Gasteiger partial charge < -0.3 is 14.2 Å². The highest BCUT2D eigenvalue weighted by molar-refractivity contribution is 5.69. The number of carbonyl (C=O) groups excluding carboxylic acids is 1. The van der Waals surface area contributed by atoms with Crippen molar-refractivity contribution in [3.63, 3.8) is 0 Å². The SMILES string of the molecule is CCOC(=O)CCCOCCOCCC(C)C. The van der Waals surface area contributed by atoms with Crippen LogP contribution in [-0.2, 0) is 19.0 Å². The van der Waals surface area contributed by atoms with Gasteiger partial charge in [-0.1, -0.05) is 13.8 Å². The highest BCUT2D eigenvalue weighted by atomic mass is 16.5. The lowest BCUT2D eigenvalue weighted by atomic mass is 10.1. The molecule has 0 aliphatic heterocycles. The van der Waals surface area contributed by atoms with Crippen molar-refractivity contribution >= 4 is 5.97 Å². The topological polar surface area (TPSA) is 44.8 Å². The van der Waals surface area contributed by atoms with Gasteiger partial charge in [-0.15, -0.1) is 0 Å². The van der Waals surface area contributed by atoms with Crippen molar-refractivity contribution in [3.8, 4) is 0 Å². The van der Waals surface area contributed by atoms with E-state index >= 15 is 0 Å². The summed E-state index contributed by atoms with van der Waals surface area (Å²) < 4.78 is 15.5. The fourth-order valence-electron chi connectivity index (χ4n) is 1.19. The molecule has 0 heterocycles. The Hall–Kier alpha value is -0.610. The molecular formula is C13H26O4. The Bertz CT molecular complexity index is 180. The minimum Gasteiger partial charge on any atom is -0.466 e. The molecule has 0 radical (unpaired) electrons. The summed E-state index contributed by atoms with van der Waals surface area (Å²) >= 11 is 0. The van der Waals surface area contributed by atoms with Gasteiger partial charge in [0.15, 0.2) is 0 Å². The quantitative estimate of drug-likeness (QED) is 0.415. The van der Waals surface area contributed by atoms with Crippen molar-refractivity contribution in [3.05, 3.63) is 0 Å². The van der Waals surface area contributed by atoms with Crippen molar-refractivity contribution in [2.24, 2.45) is 5.92 Å². The Balaban J connectivity index is 3.06. The van der Waals surface area contributed by atoms with E-state index < -0.39 is 0 Å². The van der Waals surface area contributed by atoms with Crippen LogP contribution in [0.1, 0.15) is 40.0 Å². The first-order valence-corrected chi connectivity index (χ1v) is 6.48. The third kappa shape index (κ3) is 13.3. The monoisotopic (exact) mass is 246 g/mol. The Labute approximate surface area is 105 Å². The van der Waals surface area contributed by atoms with Crippen LogP contribution in [0.2, 0.25) is 0 Å². The molecule has 0 aromatic rings. The molecule has 17 heavy (non-hydrogen) atoms. The summed E-state index contributed by atoms with van der Waals surface area (Å²) in [6, 6.07) is 0. The van der Waals surface area contributed by atoms with E-state index in [2.05, 4.69) is 13.8 Å². The number of hydrogen-bond acceptors (Lipinski definition) is 4. The summed E-state index contributed by atoms with van der Waals surface area (Å²) in [5, 5.41) is 0. The van der Waals surface area contributed by atoms with Crippen molar-refractivity contribution in [1.82, 2.24) is 0 Å². The second kappa shape index (κ2) is 11.9. The summed E-state index contributed by atoms with van der Waals surface area (Å²) in [7, 11) is 0. The van der Waals surface area contributed by atoms with E-state index in [0.717, 1.165) is 13.0 Å². The third-order valence-electron chi connectivity index (χ3n) is 2.19. The largest absolute Gasteiger partial charge is 0.466 e. The lowest BCUT2D eigenvalue weighted by molar-refractivity contribution is -0.143. The van der Waals surface area contributed by atoms with E-state index in [1.54, 1.807) is 0 Å². The van der Waals surface area contributed by atoms with Crippen LogP contribution < -0.4 is 0 Å². The van der Waals surface area contributed by atoms with E-state index in [1.807, 2.05) is 6.92 Å². The molecule has 0 bridgehead atoms. The lowest BCUT2D eigenvalue weighted by Crippen LogP contribution is -2.09. The van der Waals surface area contributed by atoms with Crippen LogP contribution >= 0.6 is 0 Å². The van der Waals surface area contributed by atoms with Gasteiger partial charge in [0.1, 0.15) is 0 Å². The Morgan fingerprint density at radius 1 is 1.06 bits per heavy atom. The molecule has 0 saturated carbocycles. The van der Waals surface area contributed by atoms with Crippen LogP contribution in [-0.4, -0.2) is 39.0 Å². The molecule has 0 aliphatic carbocycles. The van der Waals surface area contributed by atoms with Gasteiger partial charge >= 0.3 is 5.97 Å². The number of rotatable bonds is 11. The zero-order chi connectivity index (χ0) is 12.9. The minimum atomic E-state index is -0.149. The number of carbonyl (C=O) groups is 1. The average Bonchev–Trinajstić information content (AvgIpc) is 2.27. The average molecular weight is 246 g/mol. The van der Waals surface area contributed by atoms with Crippen molar-refractivity contribution in [2.45, 2.75) is 40.0 Å². The molecule has 0 aromatic heterocycles. The maximum atomic E-state index is 11.0. The summed E-state index contributed by atoms with van der Waals surface area (Å²) in [5.74, 6) is 0.532.